The van der Waals surface area contributed by atoms with Crippen molar-refractivity contribution in [2.75, 3.05) is 0 Å². The summed E-state index contributed by atoms with van der Waals surface area (Å²) in [6.45, 7) is 0. The van der Waals surface area contributed by atoms with Gasteiger partial charge in [0.1, 0.15) is 12.1 Å². The molecule has 0 radical (unpaired) electrons. The summed E-state index contributed by atoms with van der Waals surface area (Å²) in [7, 11) is 0. The van der Waals surface area contributed by atoms with E-state index in [9.17, 15) is 9.18 Å². The number of nitrogens with zero attached hydrogens (tertiary/aromatic N) is 2. The van der Waals surface area contributed by atoms with Crippen molar-refractivity contribution in [1.82, 2.24) is 15.2 Å². The van der Waals surface area contributed by atoms with Crippen LogP contribution in [0.1, 0.15) is 16.2 Å². The Balaban J connectivity index is 2.09. The number of aromatic nitrogens is 3. The molecule has 1 aromatic heterocycles. The van der Waals surface area contributed by atoms with E-state index in [-0.39, 0.29) is 23.8 Å². The number of nitrogens with one attached hydrogen (secondary N) is 1. The van der Waals surface area contributed by atoms with Gasteiger partial charge in [0.05, 0.1) is 0 Å². The van der Waals surface area contributed by atoms with E-state index in [0.717, 1.165) is 5.56 Å². The number of halogens is 1. The zero-order valence-corrected chi connectivity index (χ0v) is 7.77. The van der Waals surface area contributed by atoms with Crippen LogP contribution in [0, 0.1) is 5.82 Å². The summed E-state index contributed by atoms with van der Waals surface area (Å²) in [5.74, 6) is -0.260. The van der Waals surface area contributed by atoms with Crippen LogP contribution in [-0.4, -0.2) is 21.0 Å². The van der Waals surface area contributed by atoms with Gasteiger partial charge in [-0.05, 0) is 17.7 Å². The molecule has 2 rings (SSSR count). The molecule has 0 aliphatic rings. The molecule has 15 heavy (non-hydrogen) atoms. The van der Waals surface area contributed by atoms with Crippen molar-refractivity contribution in [3.05, 3.63) is 47.8 Å². The van der Waals surface area contributed by atoms with Crippen LogP contribution < -0.4 is 0 Å². The Kier molecular flexibility index (Phi) is 2.53. The SMILES string of the molecule is O=C(Cc1ccc(F)cc1)c1ncn[nH]1. The molecule has 2 aromatic rings. The molecule has 0 spiro atoms. The lowest BCUT2D eigenvalue weighted by atomic mass is 10.1. The van der Waals surface area contributed by atoms with Crippen molar-refractivity contribution in [3.8, 4) is 0 Å². The van der Waals surface area contributed by atoms with E-state index in [1.807, 2.05) is 0 Å². The Labute approximate surface area is 85.2 Å². The number of carbonyl (C=O) groups excluding carboxylic acids is 1. The van der Waals surface area contributed by atoms with Gasteiger partial charge in [0, 0.05) is 6.42 Å². The van der Waals surface area contributed by atoms with E-state index in [1.165, 1.54) is 18.5 Å². The van der Waals surface area contributed by atoms with Crippen LogP contribution in [0.4, 0.5) is 4.39 Å². The van der Waals surface area contributed by atoms with Gasteiger partial charge in [0.15, 0.2) is 5.82 Å². The molecule has 0 unspecified atom stereocenters. The van der Waals surface area contributed by atoms with Gasteiger partial charge >= 0.3 is 0 Å². The topological polar surface area (TPSA) is 58.6 Å². The second-order valence-electron chi connectivity index (χ2n) is 3.06. The molecular formula is C10H8FN3O. The number of hydrogen-bond acceptors (Lipinski definition) is 3. The smallest absolute Gasteiger partial charge is 0.203 e. The summed E-state index contributed by atoms with van der Waals surface area (Å²) in [4.78, 5) is 15.3. The van der Waals surface area contributed by atoms with Crippen LogP contribution in [0.5, 0.6) is 0 Å². The summed E-state index contributed by atoms with van der Waals surface area (Å²) < 4.78 is 12.6. The molecule has 0 aliphatic heterocycles. The van der Waals surface area contributed by atoms with E-state index in [0.29, 0.717) is 0 Å². The van der Waals surface area contributed by atoms with Crippen LogP contribution in [0.3, 0.4) is 0 Å². The number of rotatable bonds is 3. The molecule has 0 atom stereocenters. The lowest BCUT2D eigenvalue weighted by molar-refractivity contribution is 0.0983. The van der Waals surface area contributed by atoms with E-state index in [1.54, 1.807) is 12.1 Å². The minimum Gasteiger partial charge on any atom is -0.290 e. The lowest BCUT2D eigenvalue weighted by Gasteiger charge is -1.97. The Morgan fingerprint density at radius 1 is 1.33 bits per heavy atom. The standard InChI is InChI=1S/C10H8FN3O/c11-8-3-1-7(2-4-8)5-9(15)10-12-6-13-14-10/h1-4,6H,5H2,(H,12,13,14). The van der Waals surface area contributed by atoms with Crippen LogP contribution in [0.2, 0.25) is 0 Å². The number of H-pyrrole nitrogens is 1. The van der Waals surface area contributed by atoms with Gasteiger partial charge in [0.25, 0.3) is 0 Å². The largest absolute Gasteiger partial charge is 0.290 e. The fourth-order valence-corrected chi connectivity index (χ4v) is 1.21. The summed E-state index contributed by atoms with van der Waals surface area (Å²) >= 11 is 0. The van der Waals surface area contributed by atoms with E-state index >= 15 is 0 Å². The number of hydrogen-bond donors (Lipinski definition) is 1. The third-order valence-electron chi connectivity index (χ3n) is 1.96. The van der Waals surface area contributed by atoms with Crippen molar-refractivity contribution in [3.63, 3.8) is 0 Å². The Bertz CT molecular complexity index is 450. The second kappa shape index (κ2) is 4.00. The summed E-state index contributed by atoms with van der Waals surface area (Å²) in [5.41, 5.74) is 0.748. The van der Waals surface area contributed by atoms with Crippen molar-refractivity contribution >= 4 is 5.78 Å². The highest BCUT2D eigenvalue weighted by Crippen LogP contribution is 2.05. The molecule has 5 heteroatoms. The Hall–Kier alpha value is -2.04. The third kappa shape index (κ3) is 2.25. The first-order chi connectivity index (χ1) is 7.25. The fraction of sp³-hybridized carbons (Fsp3) is 0.100. The first kappa shape index (κ1) is 9.51. The Morgan fingerprint density at radius 3 is 2.67 bits per heavy atom. The van der Waals surface area contributed by atoms with Gasteiger partial charge in [-0.25, -0.2) is 9.37 Å². The molecule has 0 bridgehead atoms. The maximum atomic E-state index is 12.6. The molecule has 0 amide bonds. The molecule has 4 nitrogen and oxygen atoms in total. The highest BCUT2D eigenvalue weighted by molar-refractivity contribution is 5.93. The minimum absolute atomic E-state index is 0.167. The minimum atomic E-state index is -0.314. The molecule has 0 fully saturated rings. The maximum Gasteiger partial charge on any atom is 0.203 e. The molecule has 0 saturated heterocycles. The molecule has 1 N–H and O–H groups in total. The van der Waals surface area contributed by atoms with Crippen molar-refractivity contribution in [2.45, 2.75) is 6.42 Å². The van der Waals surface area contributed by atoms with Gasteiger partial charge in [-0.1, -0.05) is 12.1 Å². The highest BCUT2D eigenvalue weighted by Gasteiger charge is 2.09. The molecular weight excluding hydrogens is 197 g/mol. The summed E-state index contributed by atoms with van der Waals surface area (Å²) in [6.07, 6.45) is 1.47. The number of benzene rings is 1. The predicted octanol–water partition coefficient (Wildman–Crippen LogP) is 1.37. The predicted molar refractivity (Wildman–Crippen MR) is 50.8 cm³/mol. The maximum absolute atomic E-state index is 12.6. The molecule has 1 aromatic carbocycles. The zero-order chi connectivity index (χ0) is 10.7. The van der Waals surface area contributed by atoms with Crippen LogP contribution in [0.25, 0.3) is 0 Å². The Morgan fingerprint density at radius 2 is 2.07 bits per heavy atom. The quantitative estimate of drug-likeness (QED) is 0.770. The van der Waals surface area contributed by atoms with E-state index in [4.69, 9.17) is 0 Å². The summed E-state index contributed by atoms with van der Waals surface area (Å²) in [6, 6.07) is 5.79. The average molecular weight is 205 g/mol. The molecule has 0 saturated carbocycles. The van der Waals surface area contributed by atoms with Gasteiger partial charge in [-0.3, -0.25) is 9.89 Å². The van der Waals surface area contributed by atoms with E-state index in [2.05, 4.69) is 15.2 Å². The van der Waals surface area contributed by atoms with Crippen LogP contribution in [0.15, 0.2) is 30.6 Å². The van der Waals surface area contributed by atoms with E-state index < -0.39 is 0 Å². The molecule has 1 heterocycles. The first-order valence-electron chi connectivity index (χ1n) is 4.39. The monoisotopic (exact) mass is 205 g/mol. The van der Waals surface area contributed by atoms with Crippen molar-refractivity contribution in [2.24, 2.45) is 0 Å². The second-order valence-corrected chi connectivity index (χ2v) is 3.06. The fourth-order valence-electron chi connectivity index (χ4n) is 1.21. The number of carbonyl (C=O) groups is 1. The molecule has 0 aliphatic carbocycles. The normalized spacial score (nSPS) is 10.2. The number of aromatic amines is 1. The van der Waals surface area contributed by atoms with Gasteiger partial charge < -0.3 is 0 Å². The lowest BCUT2D eigenvalue weighted by Crippen LogP contribution is -2.05. The van der Waals surface area contributed by atoms with Gasteiger partial charge in [-0.2, -0.15) is 5.10 Å². The first-order valence-corrected chi connectivity index (χ1v) is 4.39. The zero-order valence-electron chi connectivity index (χ0n) is 7.77. The van der Waals surface area contributed by atoms with Gasteiger partial charge in [-0.15, -0.1) is 0 Å². The van der Waals surface area contributed by atoms with Crippen LogP contribution >= 0.6 is 0 Å². The molecule has 76 valence electrons. The van der Waals surface area contributed by atoms with Crippen molar-refractivity contribution in [1.29, 1.82) is 0 Å². The third-order valence-corrected chi connectivity index (χ3v) is 1.96. The van der Waals surface area contributed by atoms with Crippen LogP contribution in [-0.2, 0) is 6.42 Å². The number of Topliss-reactive ketones (excluding diaryl/α,β-unsaturated/α-hetero) is 1. The number of ketones is 1. The van der Waals surface area contributed by atoms with Crippen molar-refractivity contribution < 1.29 is 9.18 Å². The highest BCUT2D eigenvalue weighted by atomic mass is 19.1. The van der Waals surface area contributed by atoms with Gasteiger partial charge in [0.2, 0.25) is 5.78 Å². The average Bonchev–Trinajstić information content (AvgIpc) is 2.74. The summed E-state index contributed by atoms with van der Waals surface area (Å²) in [5, 5.41) is 6.07.